The molecule has 2 heterocycles. The standard InChI is InChI=1S/C34H23Cl2N3O9/c1-3-45-32(42)23(15-37)17-5-7-19-27(11-17)47-28-12-18(24(16-38)33(43)46-4-2)6-8-20(28)31(19)21-13-25(35)26(36)14-22(21)34(44)48-39-29(40)9-10-30(39)41/h5-8,11-14,23H,3-4,9-10H2,1-2H3/b24-18+. The van der Waals surface area contributed by atoms with Crippen LogP contribution in [0.5, 0.6) is 11.5 Å². The number of hydrogen-bond acceptors (Lipinski definition) is 11. The Bertz CT molecular complexity index is 2120. The maximum atomic E-state index is 13.6. The highest BCUT2D eigenvalue weighted by Gasteiger charge is 2.35. The molecule has 0 saturated carbocycles. The van der Waals surface area contributed by atoms with E-state index in [0.29, 0.717) is 21.4 Å². The van der Waals surface area contributed by atoms with E-state index in [1.165, 1.54) is 36.4 Å². The molecule has 12 nitrogen and oxygen atoms in total. The number of imide groups is 1. The fraction of sp³-hybridized carbons (Fsp3) is 0.206. The van der Waals surface area contributed by atoms with E-state index in [4.69, 9.17) is 42.3 Å². The van der Waals surface area contributed by atoms with Gasteiger partial charge >= 0.3 is 17.9 Å². The van der Waals surface area contributed by atoms with E-state index in [1.807, 2.05) is 12.1 Å². The van der Waals surface area contributed by atoms with Gasteiger partial charge in [0, 0.05) is 34.4 Å². The van der Waals surface area contributed by atoms with E-state index < -0.39 is 35.6 Å². The number of hydrogen-bond donors (Lipinski definition) is 0. The maximum absolute atomic E-state index is 13.6. The van der Waals surface area contributed by atoms with Gasteiger partial charge in [-0.1, -0.05) is 41.4 Å². The number of ether oxygens (including phenoxy) is 3. The summed E-state index contributed by atoms with van der Waals surface area (Å²) in [6.45, 7) is 3.29. The van der Waals surface area contributed by atoms with Crippen LogP contribution < -0.4 is 15.2 Å². The van der Waals surface area contributed by atoms with Crippen molar-refractivity contribution in [2.75, 3.05) is 13.2 Å². The topological polar surface area (TPSA) is 173 Å². The first-order valence-electron chi connectivity index (χ1n) is 14.4. The molecule has 0 spiro atoms. The number of halogens is 2. The molecule has 5 rings (SSSR count). The van der Waals surface area contributed by atoms with Gasteiger partial charge in [-0.3, -0.25) is 14.4 Å². The van der Waals surface area contributed by atoms with E-state index in [1.54, 1.807) is 26.0 Å². The number of fused-ring (bicyclic) bond motifs is 2. The number of nitriles is 2. The number of esters is 2. The molecule has 1 atom stereocenters. The second-order valence-electron chi connectivity index (χ2n) is 10.2. The predicted molar refractivity (Wildman–Crippen MR) is 167 cm³/mol. The number of benzene rings is 3. The van der Waals surface area contributed by atoms with Gasteiger partial charge in [-0.05, 0) is 55.3 Å². The van der Waals surface area contributed by atoms with Gasteiger partial charge < -0.3 is 19.0 Å². The van der Waals surface area contributed by atoms with Crippen LogP contribution in [0.2, 0.25) is 10.0 Å². The Morgan fingerprint density at radius 2 is 1.58 bits per heavy atom. The molecule has 3 aromatic carbocycles. The molecule has 2 aliphatic rings. The third-order valence-corrected chi connectivity index (χ3v) is 8.06. The lowest BCUT2D eigenvalue weighted by Crippen LogP contribution is -2.32. The van der Waals surface area contributed by atoms with Crippen molar-refractivity contribution >= 4 is 64.1 Å². The zero-order chi connectivity index (χ0) is 34.7. The highest BCUT2D eigenvalue weighted by atomic mass is 35.5. The molecule has 1 fully saturated rings. The summed E-state index contributed by atoms with van der Waals surface area (Å²) in [5.74, 6) is -5.15. The molecule has 3 aromatic rings. The summed E-state index contributed by atoms with van der Waals surface area (Å²) < 4.78 is 16.3. The van der Waals surface area contributed by atoms with Crippen LogP contribution in [0, 0.1) is 22.7 Å². The molecule has 2 amide bonds. The number of nitrogens with zero attached hydrogens (tertiary/aromatic N) is 3. The summed E-state index contributed by atoms with van der Waals surface area (Å²) >= 11 is 12.8. The molecule has 2 aliphatic heterocycles. The molecule has 0 aromatic heterocycles. The highest BCUT2D eigenvalue weighted by Crippen LogP contribution is 2.41. The molecule has 1 unspecified atom stereocenters. The Labute approximate surface area is 282 Å². The molecule has 242 valence electrons. The monoisotopic (exact) mass is 687 g/mol. The van der Waals surface area contributed by atoms with E-state index in [-0.39, 0.29) is 75.1 Å². The maximum Gasteiger partial charge on any atom is 0.364 e. The Morgan fingerprint density at radius 1 is 0.896 bits per heavy atom. The Hall–Kier alpha value is -5.69. The van der Waals surface area contributed by atoms with Crippen molar-refractivity contribution in [2.24, 2.45) is 0 Å². The van der Waals surface area contributed by atoms with Crippen molar-refractivity contribution in [3.8, 4) is 23.6 Å². The molecule has 0 N–H and O–H groups in total. The Morgan fingerprint density at radius 3 is 2.23 bits per heavy atom. The summed E-state index contributed by atoms with van der Waals surface area (Å²) in [6.07, 6.45) is -0.243. The fourth-order valence-corrected chi connectivity index (χ4v) is 5.49. The van der Waals surface area contributed by atoms with Crippen LogP contribution in [0.15, 0.2) is 48.5 Å². The minimum absolute atomic E-state index is 0.0285. The molecule has 1 saturated heterocycles. The Kier molecular flexibility index (Phi) is 9.80. The van der Waals surface area contributed by atoms with Gasteiger partial charge in [0.2, 0.25) is 0 Å². The fourth-order valence-electron chi connectivity index (χ4n) is 5.16. The number of rotatable bonds is 8. The summed E-state index contributed by atoms with van der Waals surface area (Å²) in [5, 5.41) is 20.5. The van der Waals surface area contributed by atoms with Crippen molar-refractivity contribution in [3.05, 3.63) is 91.3 Å². The average molecular weight is 688 g/mol. The third kappa shape index (κ3) is 6.32. The van der Waals surface area contributed by atoms with Gasteiger partial charge in [-0.25, -0.2) is 9.59 Å². The normalized spacial score (nSPS) is 14.5. The second kappa shape index (κ2) is 14.0. The van der Waals surface area contributed by atoms with Gasteiger partial charge in [-0.2, -0.15) is 10.5 Å². The van der Waals surface area contributed by atoms with Crippen LogP contribution in [0.4, 0.5) is 0 Å². The van der Waals surface area contributed by atoms with Crippen LogP contribution in [-0.2, 0) is 33.5 Å². The quantitative estimate of drug-likeness (QED) is 0.194. The van der Waals surface area contributed by atoms with Crippen LogP contribution in [-0.4, -0.2) is 48.0 Å². The van der Waals surface area contributed by atoms with Gasteiger partial charge in [0.1, 0.15) is 23.1 Å². The van der Waals surface area contributed by atoms with E-state index in [2.05, 4.69) is 0 Å². The number of carbonyl (C=O) groups excluding carboxylic acids is 5. The lowest BCUT2D eigenvalue weighted by Gasteiger charge is -2.24. The van der Waals surface area contributed by atoms with Crippen molar-refractivity contribution in [1.29, 1.82) is 10.5 Å². The SMILES string of the molecule is CCOC(=O)/C(C#N)=c1\ccc2c(c1)Oc1cc(C(C#N)C(=O)OCC)ccc1C=2c1cc(Cl)c(Cl)cc1C(=O)ON1C(=O)CCC1=O. The summed E-state index contributed by atoms with van der Waals surface area (Å²) in [4.78, 5) is 68.4. The first kappa shape index (κ1) is 33.7. The molecule has 48 heavy (non-hydrogen) atoms. The molecule has 14 heteroatoms. The number of hydroxylamine groups is 2. The van der Waals surface area contributed by atoms with Gasteiger partial charge in [0.15, 0.2) is 5.92 Å². The summed E-state index contributed by atoms with van der Waals surface area (Å²) in [7, 11) is 0. The summed E-state index contributed by atoms with van der Waals surface area (Å²) in [6, 6.07) is 15.4. The zero-order valence-electron chi connectivity index (χ0n) is 25.3. The third-order valence-electron chi connectivity index (χ3n) is 7.34. The van der Waals surface area contributed by atoms with E-state index in [0.717, 1.165) is 0 Å². The second-order valence-corrected chi connectivity index (χ2v) is 11.1. The van der Waals surface area contributed by atoms with E-state index >= 15 is 0 Å². The smallest absolute Gasteiger partial charge is 0.364 e. The number of carbonyl (C=O) groups is 5. The minimum Gasteiger partial charge on any atom is -0.465 e. The van der Waals surface area contributed by atoms with Crippen molar-refractivity contribution in [1.82, 2.24) is 5.06 Å². The van der Waals surface area contributed by atoms with Crippen molar-refractivity contribution < 1.29 is 43.0 Å². The molecular formula is C34H23Cl2N3O9. The van der Waals surface area contributed by atoms with Crippen LogP contribution in [0.25, 0.3) is 11.1 Å². The minimum atomic E-state index is -1.30. The molecule has 0 bridgehead atoms. The predicted octanol–water partition coefficient (Wildman–Crippen LogP) is 3.97. The summed E-state index contributed by atoms with van der Waals surface area (Å²) in [5.41, 5.74) is 0.621. The molecule has 0 aliphatic carbocycles. The van der Waals surface area contributed by atoms with Crippen molar-refractivity contribution in [2.45, 2.75) is 32.6 Å². The van der Waals surface area contributed by atoms with E-state index in [9.17, 15) is 34.5 Å². The average Bonchev–Trinajstić information content (AvgIpc) is 3.37. The van der Waals surface area contributed by atoms with Gasteiger partial charge in [0.25, 0.3) is 11.8 Å². The van der Waals surface area contributed by atoms with Crippen LogP contribution in [0.1, 0.15) is 59.7 Å². The first-order chi connectivity index (χ1) is 23.0. The molecule has 0 radical (unpaired) electrons. The molecular weight excluding hydrogens is 665 g/mol. The largest absolute Gasteiger partial charge is 0.465 e. The highest BCUT2D eigenvalue weighted by molar-refractivity contribution is 6.42. The van der Waals surface area contributed by atoms with Crippen LogP contribution >= 0.6 is 23.2 Å². The van der Waals surface area contributed by atoms with Crippen LogP contribution in [0.3, 0.4) is 0 Å². The Balaban J connectivity index is 1.80. The van der Waals surface area contributed by atoms with Crippen molar-refractivity contribution in [3.63, 3.8) is 0 Å². The van der Waals surface area contributed by atoms with Gasteiger partial charge in [0.05, 0.1) is 34.9 Å². The number of amides is 2. The van der Waals surface area contributed by atoms with Gasteiger partial charge in [-0.15, -0.1) is 5.06 Å². The lowest BCUT2D eigenvalue weighted by atomic mass is 9.88. The zero-order valence-corrected chi connectivity index (χ0v) is 26.8. The lowest BCUT2D eigenvalue weighted by molar-refractivity contribution is -0.172. The first-order valence-corrected chi connectivity index (χ1v) is 15.2.